The summed E-state index contributed by atoms with van der Waals surface area (Å²) < 4.78 is 0. The minimum atomic E-state index is -0.400. The van der Waals surface area contributed by atoms with E-state index in [4.69, 9.17) is 0 Å². The molecular formula is C29H36N4O3. The topological polar surface area (TPSA) is 73.0 Å². The maximum absolute atomic E-state index is 13.5. The number of nitrogens with zero attached hydrogens (tertiary/aromatic N) is 3. The number of benzene rings is 2. The Bertz CT molecular complexity index is 1110. The number of piperidine rings is 1. The molecule has 2 aromatic rings. The van der Waals surface area contributed by atoms with Crippen LogP contribution in [0.15, 0.2) is 48.5 Å². The van der Waals surface area contributed by atoms with Gasteiger partial charge < -0.3 is 20.0 Å². The van der Waals surface area contributed by atoms with Crippen molar-refractivity contribution >= 4 is 23.4 Å². The van der Waals surface area contributed by atoms with Crippen LogP contribution in [-0.4, -0.2) is 66.3 Å². The van der Waals surface area contributed by atoms with Crippen molar-refractivity contribution < 1.29 is 14.4 Å². The van der Waals surface area contributed by atoms with Crippen molar-refractivity contribution in [2.75, 3.05) is 37.6 Å². The molecule has 3 amide bonds. The van der Waals surface area contributed by atoms with E-state index in [1.165, 1.54) is 12.8 Å². The number of hydrogen-bond acceptors (Lipinski definition) is 4. The summed E-state index contributed by atoms with van der Waals surface area (Å²) in [7, 11) is 0. The minimum absolute atomic E-state index is 0.0317. The van der Waals surface area contributed by atoms with Crippen LogP contribution in [-0.2, 0) is 11.3 Å². The van der Waals surface area contributed by atoms with E-state index in [2.05, 4.69) is 17.1 Å². The van der Waals surface area contributed by atoms with Gasteiger partial charge in [0, 0.05) is 18.7 Å². The van der Waals surface area contributed by atoms with Gasteiger partial charge in [-0.25, -0.2) is 0 Å². The second-order valence-corrected chi connectivity index (χ2v) is 10.4. The van der Waals surface area contributed by atoms with Crippen LogP contribution in [0.25, 0.3) is 0 Å². The molecule has 2 aromatic carbocycles. The molecule has 0 radical (unpaired) electrons. The number of anilines is 1. The normalized spacial score (nSPS) is 20.8. The number of nitrogens with one attached hydrogen (secondary N) is 1. The first-order valence-electron chi connectivity index (χ1n) is 13.3. The number of likely N-dealkylation sites (tertiary alicyclic amines) is 1. The second kappa shape index (κ2) is 10.8. The highest BCUT2D eigenvalue weighted by Gasteiger charge is 2.41. The van der Waals surface area contributed by atoms with Gasteiger partial charge in [-0.2, -0.15) is 0 Å². The predicted molar refractivity (Wildman–Crippen MR) is 140 cm³/mol. The van der Waals surface area contributed by atoms with Crippen LogP contribution in [0, 0.1) is 5.92 Å². The first kappa shape index (κ1) is 24.5. The molecule has 2 fully saturated rings. The van der Waals surface area contributed by atoms with Crippen LogP contribution in [0.2, 0.25) is 0 Å². The van der Waals surface area contributed by atoms with Crippen molar-refractivity contribution in [1.29, 1.82) is 0 Å². The van der Waals surface area contributed by atoms with Crippen LogP contribution in [0.5, 0.6) is 0 Å². The summed E-state index contributed by atoms with van der Waals surface area (Å²) >= 11 is 0. The van der Waals surface area contributed by atoms with Crippen molar-refractivity contribution in [2.24, 2.45) is 5.92 Å². The summed E-state index contributed by atoms with van der Waals surface area (Å²) in [6, 6.07) is 14.4. The van der Waals surface area contributed by atoms with E-state index in [0.29, 0.717) is 42.9 Å². The van der Waals surface area contributed by atoms with Gasteiger partial charge in [0.05, 0.1) is 17.8 Å². The molecular weight excluding hydrogens is 452 g/mol. The molecule has 5 rings (SSSR count). The van der Waals surface area contributed by atoms with Crippen LogP contribution in [0.4, 0.5) is 5.69 Å². The zero-order valence-electron chi connectivity index (χ0n) is 21.1. The fourth-order valence-corrected chi connectivity index (χ4v) is 5.61. The van der Waals surface area contributed by atoms with Crippen molar-refractivity contribution in [3.8, 4) is 0 Å². The van der Waals surface area contributed by atoms with E-state index in [0.717, 1.165) is 44.0 Å². The second-order valence-electron chi connectivity index (χ2n) is 10.4. The number of carbonyl (C=O) groups excluding carboxylic acids is 3. The summed E-state index contributed by atoms with van der Waals surface area (Å²) in [5, 5.41) is 3.03. The Hall–Kier alpha value is -3.19. The van der Waals surface area contributed by atoms with Gasteiger partial charge >= 0.3 is 0 Å². The minimum Gasteiger partial charge on any atom is -0.352 e. The molecule has 0 aliphatic carbocycles. The van der Waals surface area contributed by atoms with E-state index in [-0.39, 0.29) is 17.7 Å². The van der Waals surface area contributed by atoms with Gasteiger partial charge in [0.25, 0.3) is 11.8 Å². The number of fused-ring (bicyclic) bond motifs is 2. The summed E-state index contributed by atoms with van der Waals surface area (Å²) in [6.45, 7) is 7.32. The molecule has 0 saturated carbocycles. The lowest BCUT2D eigenvalue weighted by molar-refractivity contribution is -0.122. The van der Waals surface area contributed by atoms with Gasteiger partial charge in [-0.15, -0.1) is 0 Å². The zero-order chi connectivity index (χ0) is 25.1. The fraction of sp³-hybridized carbons (Fsp3) is 0.483. The average molecular weight is 489 g/mol. The Morgan fingerprint density at radius 3 is 2.50 bits per heavy atom. The van der Waals surface area contributed by atoms with Crippen molar-refractivity contribution in [1.82, 2.24) is 15.1 Å². The smallest absolute Gasteiger partial charge is 0.256 e. The molecule has 3 aliphatic heterocycles. The molecule has 36 heavy (non-hydrogen) atoms. The first-order chi connectivity index (χ1) is 17.5. The van der Waals surface area contributed by atoms with Gasteiger partial charge in [-0.3, -0.25) is 14.4 Å². The van der Waals surface area contributed by atoms with E-state index in [1.54, 1.807) is 15.9 Å². The van der Waals surface area contributed by atoms with Gasteiger partial charge in [0.2, 0.25) is 5.91 Å². The number of hydrogen-bond donors (Lipinski definition) is 1. The molecule has 1 atom stereocenters. The Morgan fingerprint density at radius 1 is 0.972 bits per heavy atom. The van der Waals surface area contributed by atoms with Crippen LogP contribution >= 0.6 is 0 Å². The third kappa shape index (κ3) is 5.16. The maximum Gasteiger partial charge on any atom is 0.256 e. The summed E-state index contributed by atoms with van der Waals surface area (Å²) in [5.41, 5.74) is 2.77. The maximum atomic E-state index is 13.5. The van der Waals surface area contributed by atoms with Crippen molar-refractivity contribution in [3.05, 3.63) is 65.2 Å². The Labute approximate surface area is 213 Å². The molecule has 7 heteroatoms. The molecule has 3 heterocycles. The molecule has 7 nitrogen and oxygen atoms in total. The van der Waals surface area contributed by atoms with E-state index >= 15 is 0 Å². The lowest BCUT2D eigenvalue weighted by Crippen LogP contribution is -2.44. The molecule has 1 N–H and O–H groups in total. The molecule has 1 unspecified atom stereocenters. The lowest BCUT2D eigenvalue weighted by Gasteiger charge is -2.30. The van der Waals surface area contributed by atoms with E-state index in [1.807, 2.05) is 42.5 Å². The number of carbonyl (C=O) groups is 3. The van der Waals surface area contributed by atoms with Gasteiger partial charge in [0.1, 0.15) is 6.04 Å². The SMILES string of the molecule is CC1CCN(CCCNC(=O)c2ccc(CN3C(=O)C4CCCN4C(=O)c4ccccc43)cc2)CC1. The van der Waals surface area contributed by atoms with E-state index < -0.39 is 6.04 Å². The van der Waals surface area contributed by atoms with Crippen molar-refractivity contribution in [3.63, 3.8) is 0 Å². The summed E-state index contributed by atoms with van der Waals surface area (Å²) in [4.78, 5) is 45.1. The average Bonchev–Trinajstić information content (AvgIpc) is 3.38. The quantitative estimate of drug-likeness (QED) is 0.604. The summed E-state index contributed by atoms with van der Waals surface area (Å²) in [6.07, 6.45) is 5.03. The Balaban J connectivity index is 1.20. The molecule has 0 bridgehead atoms. The van der Waals surface area contributed by atoms with Crippen molar-refractivity contribution in [2.45, 2.75) is 51.6 Å². The molecule has 0 spiro atoms. The molecule has 190 valence electrons. The predicted octanol–water partition coefficient (Wildman–Crippen LogP) is 3.69. The van der Waals surface area contributed by atoms with Gasteiger partial charge in [-0.05, 0) is 87.5 Å². The fourth-order valence-electron chi connectivity index (χ4n) is 5.61. The largest absolute Gasteiger partial charge is 0.352 e. The number of rotatable bonds is 7. The summed E-state index contributed by atoms with van der Waals surface area (Å²) in [5.74, 6) is 0.662. The Morgan fingerprint density at radius 2 is 1.72 bits per heavy atom. The Kier molecular flexibility index (Phi) is 7.37. The number of amides is 3. The third-order valence-corrected chi connectivity index (χ3v) is 7.86. The van der Waals surface area contributed by atoms with Crippen LogP contribution in [0.3, 0.4) is 0 Å². The number of para-hydroxylation sites is 1. The van der Waals surface area contributed by atoms with Gasteiger partial charge in [0.15, 0.2) is 0 Å². The first-order valence-corrected chi connectivity index (χ1v) is 13.3. The standard InChI is InChI=1S/C29H36N4O3/c1-21-13-18-31(19-14-21)16-5-15-30-27(34)23-11-9-22(10-12-23)20-33-25-7-3-2-6-24(25)28(35)32-17-4-8-26(32)29(33)36/h2-3,6-7,9-12,21,26H,4-5,8,13-20H2,1H3,(H,30,34). The van der Waals surface area contributed by atoms with Crippen LogP contribution < -0.4 is 10.2 Å². The zero-order valence-corrected chi connectivity index (χ0v) is 21.1. The third-order valence-electron chi connectivity index (χ3n) is 7.86. The van der Waals surface area contributed by atoms with E-state index in [9.17, 15) is 14.4 Å². The highest BCUT2D eigenvalue weighted by Crippen LogP contribution is 2.33. The molecule has 0 aromatic heterocycles. The highest BCUT2D eigenvalue weighted by molar-refractivity contribution is 6.11. The highest BCUT2D eigenvalue weighted by atomic mass is 16.2. The molecule has 2 saturated heterocycles. The monoisotopic (exact) mass is 488 g/mol. The molecule has 3 aliphatic rings. The lowest BCUT2D eigenvalue weighted by atomic mass is 9.99. The van der Waals surface area contributed by atoms with Gasteiger partial charge in [-0.1, -0.05) is 31.2 Å². The van der Waals surface area contributed by atoms with Crippen LogP contribution in [0.1, 0.15) is 65.3 Å².